The van der Waals surface area contributed by atoms with Gasteiger partial charge in [0.25, 0.3) is 0 Å². The third-order valence-electron chi connectivity index (χ3n) is 4.82. The van der Waals surface area contributed by atoms with E-state index in [1.54, 1.807) is 0 Å². The van der Waals surface area contributed by atoms with Crippen LogP contribution in [0, 0.1) is 12.3 Å². The van der Waals surface area contributed by atoms with Crippen molar-refractivity contribution >= 4 is 8.32 Å². The molecule has 0 saturated carbocycles. The molecule has 1 aromatic carbocycles. The zero-order valence-corrected chi connectivity index (χ0v) is 17.3. The van der Waals surface area contributed by atoms with E-state index >= 15 is 0 Å². The van der Waals surface area contributed by atoms with Crippen molar-refractivity contribution in [3.05, 3.63) is 29.8 Å². The second-order valence-corrected chi connectivity index (χ2v) is 12.6. The standard InChI is InChI=1S/C21H34O2Si/c1-8-10-13-17-22-19-16-12-11-15-18(19)20(14-9-2)23-24(6,7)21(3,4)5/h2,11-12,15-16,20H,8,10,13-14,17H2,1,3-7H3/t20-/m1/s1. The Hall–Kier alpha value is -1.24. The van der Waals surface area contributed by atoms with Gasteiger partial charge in [-0.05, 0) is 30.6 Å². The molecule has 0 fully saturated rings. The van der Waals surface area contributed by atoms with Crippen LogP contribution in [0.5, 0.6) is 5.75 Å². The molecule has 0 bridgehead atoms. The molecule has 0 unspecified atom stereocenters. The molecule has 1 aromatic rings. The van der Waals surface area contributed by atoms with Crippen LogP contribution in [0.3, 0.4) is 0 Å². The Bertz CT molecular complexity index is 538. The summed E-state index contributed by atoms with van der Waals surface area (Å²) in [6.45, 7) is 14.2. The molecule has 0 N–H and O–H groups in total. The summed E-state index contributed by atoms with van der Waals surface area (Å²) in [4.78, 5) is 0. The normalized spacial score (nSPS) is 13.4. The van der Waals surface area contributed by atoms with Gasteiger partial charge in [0.05, 0.1) is 12.7 Å². The van der Waals surface area contributed by atoms with E-state index in [1.807, 2.05) is 18.2 Å². The summed E-state index contributed by atoms with van der Waals surface area (Å²) >= 11 is 0. The van der Waals surface area contributed by atoms with Crippen LogP contribution in [0.1, 0.15) is 65.0 Å². The molecule has 0 heterocycles. The van der Waals surface area contributed by atoms with Gasteiger partial charge in [-0.2, -0.15) is 0 Å². The van der Waals surface area contributed by atoms with Crippen LogP contribution >= 0.6 is 0 Å². The maximum absolute atomic E-state index is 6.61. The number of rotatable bonds is 9. The predicted octanol–water partition coefficient (Wildman–Crippen LogP) is 6.34. The van der Waals surface area contributed by atoms with Crippen LogP contribution in [-0.2, 0) is 4.43 Å². The lowest BCUT2D eigenvalue weighted by Gasteiger charge is -2.39. The van der Waals surface area contributed by atoms with Crippen molar-refractivity contribution in [3.8, 4) is 18.1 Å². The number of benzene rings is 1. The Morgan fingerprint density at radius 1 is 1.17 bits per heavy atom. The van der Waals surface area contributed by atoms with Crippen molar-refractivity contribution in [1.29, 1.82) is 0 Å². The van der Waals surface area contributed by atoms with E-state index in [0.717, 1.165) is 24.3 Å². The highest BCUT2D eigenvalue weighted by atomic mass is 28.4. The Kier molecular flexibility index (Phi) is 8.06. The fourth-order valence-electron chi connectivity index (χ4n) is 2.27. The number of ether oxygens (including phenoxy) is 1. The summed E-state index contributed by atoms with van der Waals surface area (Å²) < 4.78 is 12.6. The van der Waals surface area contributed by atoms with Crippen LogP contribution in [0.15, 0.2) is 24.3 Å². The van der Waals surface area contributed by atoms with Crippen LogP contribution in [0.25, 0.3) is 0 Å². The summed E-state index contributed by atoms with van der Waals surface area (Å²) in [7, 11) is -1.91. The summed E-state index contributed by atoms with van der Waals surface area (Å²) in [5.74, 6) is 3.70. The molecule has 0 saturated heterocycles. The van der Waals surface area contributed by atoms with E-state index in [9.17, 15) is 0 Å². The molecule has 0 aliphatic heterocycles. The zero-order valence-electron chi connectivity index (χ0n) is 16.3. The maximum atomic E-state index is 6.61. The summed E-state index contributed by atoms with van der Waals surface area (Å²) in [5.41, 5.74) is 1.08. The molecular weight excluding hydrogens is 312 g/mol. The highest BCUT2D eigenvalue weighted by molar-refractivity contribution is 6.74. The highest BCUT2D eigenvalue weighted by Crippen LogP contribution is 2.41. The Morgan fingerprint density at radius 2 is 1.83 bits per heavy atom. The minimum Gasteiger partial charge on any atom is -0.493 e. The third kappa shape index (κ3) is 6.00. The molecule has 0 aliphatic carbocycles. The molecule has 2 nitrogen and oxygen atoms in total. The van der Waals surface area contributed by atoms with Crippen LogP contribution in [-0.4, -0.2) is 14.9 Å². The van der Waals surface area contributed by atoms with Crippen molar-refractivity contribution in [3.63, 3.8) is 0 Å². The zero-order chi connectivity index (χ0) is 18.2. The molecule has 24 heavy (non-hydrogen) atoms. The van der Waals surface area contributed by atoms with Gasteiger partial charge in [-0.25, -0.2) is 0 Å². The molecule has 1 atom stereocenters. The highest BCUT2D eigenvalue weighted by Gasteiger charge is 2.39. The molecule has 0 spiro atoms. The summed E-state index contributed by atoms with van der Waals surface area (Å²) in [6, 6.07) is 8.16. The first-order chi connectivity index (χ1) is 11.2. The second-order valence-electron chi connectivity index (χ2n) is 7.87. The molecule has 0 aromatic heterocycles. The maximum Gasteiger partial charge on any atom is 0.192 e. The molecule has 134 valence electrons. The SMILES string of the molecule is C#CC[C@@H](O[Si](C)(C)C(C)(C)C)c1ccccc1OCCCCC. The minimum absolute atomic E-state index is 0.0988. The Labute approximate surface area is 150 Å². The summed E-state index contributed by atoms with van der Waals surface area (Å²) in [5, 5.41) is 0.150. The van der Waals surface area contributed by atoms with Gasteiger partial charge in [0, 0.05) is 12.0 Å². The molecular formula is C21H34O2Si. The smallest absolute Gasteiger partial charge is 0.192 e. The average molecular weight is 347 g/mol. The third-order valence-corrected chi connectivity index (χ3v) is 9.30. The molecule has 1 rings (SSSR count). The van der Waals surface area contributed by atoms with E-state index in [1.165, 1.54) is 12.8 Å². The van der Waals surface area contributed by atoms with Gasteiger partial charge in [-0.3, -0.25) is 0 Å². The Balaban J connectivity index is 2.98. The average Bonchev–Trinajstić information content (AvgIpc) is 2.50. The van der Waals surface area contributed by atoms with Crippen molar-refractivity contribution in [2.45, 2.75) is 77.6 Å². The van der Waals surface area contributed by atoms with E-state index < -0.39 is 8.32 Å². The molecule has 0 amide bonds. The lowest BCUT2D eigenvalue weighted by Crippen LogP contribution is -2.41. The fourth-order valence-corrected chi connectivity index (χ4v) is 3.54. The van der Waals surface area contributed by atoms with Gasteiger partial charge in [-0.15, -0.1) is 12.3 Å². The second kappa shape index (κ2) is 9.29. The predicted molar refractivity (Wildman–Crippen MR) is 106 cm³/mol. The van der Waals surface area contributed by atoms with E-state index in [0.29, 0.717) is 6.42 Å². The van der Waals surface area contributed by atoms with Crippen LogP contribution < -0.4 is 4.74 Å². The van der Waals surface area contributed by atoms with E-state index in [2.05, 4.69) is 52.8 Å². The van der Waals surface area contributed by atoms with Crippen molar-refractivity contribution in [2.75, 3.05) is 6.61 Å². The van der Waals surface area contributed by atoms with Gasteiger partial charge in [0.15, 0.2) is 8.32 Å². The van der Waals surface area contributed by atoms with E-state index in [-0.39, 0.29) is 11.1 Å². The first-order valence-electron chi connectivity index (χ1n) is 9.06. The molecule has 3 heteroatoms. The van der Waals surface area contributed by atoms with E-state index in [4.69, 9.17) is 15.6 Å². The van der Waals surface area contributed by atoms with Gasteiger partial charge < -0.3 is 9.16 Å². The van der Waals surface area contributed by atoms with Crippen molar-refractivity contribution < 1.29 is 9.16 Å². The van der Waals surface area contributed by atoms with Gasteiger partial charge in [-0.1, -0.05) is 58.7 Å². The van der Waals surface area contributed by atoms with Gasteiger partial charge >= 0.3 is 0 Å². The number of terminal acetylenes is 1. The number of hydrogen-bond acceptors (Lipinski definition) is 2. The topological polar surface area (TPSA) is 18.5 Å². The first kappa shape index (κ1) is 20.8. The minimum atomic E-state index is -1.91. The van der Waals surface area contributed by atoms with Crippen molar-refractivity contribution in [1.82, 2.24) is 0 Å². The van der Waals surface area contributed by atoms with Gasteiger partial charge in [0.2, 0.25) is 0 Å². The van der Waals surface area contributed by atoms with Gasteiger partial charge in [0.1, 0.15) is 5.75 Å². The fraction of sp³-hybridized carbons (Fsp3) is 0.619. The quantitative estimate of drug-likeness (QED) is 0.295. The number of hydrogen-bond donors (Lipinski definition) is 0. The number of unbranched alkanes of at least 4 members (excludes halogenated alkanes) is 2. The lowest BCUT2D eigenvalue weighted by atomic mass is 10.1. The lowest BCUT2D eigenvalue weighted by molar-refractivity contribution is 0.181. The largest absolute Gasteiger partial charge is 0.493 e. The Morgan fingerprint density at radius 3 is 2.42 bits per heavy atom. The molecule has 0 aliphatic rings. The number of para-hydroxylation sites is 1. The monoisotopic (exact) mass is 346 g/mol. The van der Waals surface area contributed by atoms with Crippen molar-refractivity contribution in [2.24, 2.45) is 0 Å². The van der Waals surface area contributed by atoms with Crippen LogP contribution in [0.2, 0.25) is 18.1 Å². The van der Waals surface area contributed by atoms with Crippen LogP contribution in [0.4, 0.5) is 0 Å². The molecule has 0 radical (unpaired) electrons. The summed E-state index contributed by atoms with van der Waals surface area (Å²) in [6.07, 6.45) is 9.56. The first-order valence-corrected chi connectivity index (χ1v) is 12.0.